The largest absolute Gasteiger partial charge is 0.696 e. The molecule has 0 saturated carbocycles. The van der Waals surface area contributed by atoms with Gasteiger partial charge in [-0.3, -0.25) is 0 Å². The minimum Gasteiger partial charge on any atom is -0.696 e. The summed E-state index contributed by atoms with van der Waals surface area (Å²) < 4.78 is 4.28. The van der Waals surface area contributed by atoms with Crippen LogP contribution in [0.5, 0.6) is 0 Å². The first-order valence-electron chi connectivity index (χ1n) is 6.02. The van der Waals surface area contributed by atoms with Crippen molar-refractivity contribution in [1.29, 1.82) is 5.26 Å². The number of hydrogen-bond acceptors (Lipinski definition) is 5. The topological polar surface area (TPSA) is 126 Å². The maximum atomic E-state index is 8.25. The maximum Gasteiger partial charge on any atom is 0.243 e. The fraction of sp³-hybridized carbons (Fsp3) is 0.636. The predicted molar refractivity (Wildman–Crippen MR) is 77.3 cm³/mol. The van der Waals surface area contributed by atoms with E-state index in [1.54, 1.807) is 0 Å². The van der Waals surface area contributed by atoms with Crippen molar-refractivity contribution in [3.63, 3.8) is 0 Å². The number of quaternary nitrogens is 1. The van der Waals surface area contributed by atoms with E-state index in [1.807, 2.05) is 14.0 Å². The van der Waals surface area contributed by atoms with Crippen molar-refractivity contribution in [2.24, 2.45) is 7.05 Å². The molecule has 116 valence electrons. The Balaban J connectivity index is -0.000000242. The number of rotatable bonds is 3. The molecular weight excluding hydrogens is 282 g/mol. The van der Waals surface area contributed by atoms with Gasteiger partial charge < -0.3 is 33.7 Å². The maximum absolute atomic E-state index is 8.25. The van der Waals surface area contributed by atoms with Crippen molar-refractivity contribution in [2.75, 3.05) is 6.54 Å². The molecule has 0 aliphatic rings. The van der Waals surface area contributed by atoms with Gasteiger partial charge in [0.05, 0.1) is 25.2 Å². The van der Waals surface area contributed by atoms with Crippen LogP contribution in [0.4, 0.5) is 0 Å². The van der Waals surface area contributed by atoms with E-state index in [-0.39, 0.29) is 0 Å². The SMILES string of the molecule is CCCCn1cc[n+](C)c1.CC[NH3+].N#C[S-].O=[N+]([O-])[O-]. The molecular formula is C11H23N5O3S. The summed E-state index contributed by atoms with van der Waals surface area (Å²) in [5, 5.41) is 23.2. The van der Waals surface area contributed by atoms with Crippen LogP contribution in [0.2, 0.25) is 0 Å². The zero-order chi connectivity index (χ0) is 16.4. The second-order valence-electron chi connectivity index (χ2n) is 3.49. The molecule has 20 heavy (non-hydrogen) atoms. The highest BCUT2D eigenvalue weighted by atomic mass is 32.1. The highest BCUT2D eigenvalue weighted by molar-refractivity contribution is 7.64. The molecule has 1 aromatic rings. The minimum atomic E-state index is -1.75. The molecule has 0 fully saturated rings. The van der Waals surface area contributed by atoms with Crippen molar-refractivity contribution in [1.82, 2.24) is 4.57 Å². The van der Waals surface area contributed by atoms with Gasteiger partial charge in [-0.1, -0.05) is 18.7 Å². The van der Waals surface area contributed by atoms with Gasteiger partial charge in [0.15, 0.2) is 0 Å². The van der Waals surface area contributed by atoms with Crippen LogP contribution in [0.3, 0.4) is 0 Å². The first-order valence-corrected chi connectivity index (χ1v) is 6.43. The molecule has 0 atom stereocenters. The molecule has 1 heterocycles. The van der Waals surface area contributed by atoms with E-state index in [4.69, 9.17) is 20.6 Å². The van der Waals surface area contributed by atoms with Gasteiger partial charge in [0.25, 0.3) is 0 Å². The Morgan fingerprint density at radius 1 is 1.50 bits per heavy atom. The van der Waals surface area contributed by atoms with Crippen molar-refractivity contribution in [3.05, 3.63) is 34.0 Å². The Bertz CT molecular complexity index is 361. The molecule has 0 amide bonds. The number of hydrogen-bond donors (Lipinski definition) is 1. The Kier molecular flexibility index (Phi) is 22.5. The number of imidazole rings is 1. The summed E-state index contributed by atoms with van der Waals surface area (Å²) in [6, 6.07) is 0. The lowest BCUT2D eigenvalue weighted by atomic mass is 10.3. The summed E-state index contributed by atoms with van der Waals surface area (Å²) in [5.41, 5.74) is 3.49. The Hall–Kier alpha value is -1.92. The molecule has 0 radical (unpaired) electrons. The summed E-state index contributed by atoms with van der Waals surface area (Å²) >= 11 is 3.70. The highest BCUT2D eigenvalue weighted by Gasteiger charge is 1.96. The number of nitriles is 1. The van der Waals surface area contributed by atoms with Gasteiger partial charge in [-0.2, -0.15) is 0 Å². The molecule has 0 unspecified atom stereocenters. The van der Waals surface area contributed by atoms with Gasteiger partial charge in [0, 0.05) is 0 Å². The van der Waals surface area contributed by atoms with E-state index in [9.17, 15) is 0 Å². The van der Waals surface area contributed by atoms with Crippen LogP contribution in [0, 0.1) is 26.0 Å². The van der Waals surface area contributed by atoms with E-state index in [0.29, 0.717) is 0 Å². The minimum absolute atomic E-state index is 1.00. The molecule has 0 spiro atoms. The van der Waals surface area contributed by atoms with Crippen molar-refractivity contribution in [3.8, 4) is 5.40 Å². The van der Waals surface area contributed by atoms with E-state index >= 15 is 0 Å². The van der Waals surface area contributed by atoms with Crippen molar-refractivity contribution in [2.45, 2.75) is 33.2 Å². The Labute approximate surface area is 125 Å². The van der Waals surface area contributed by atoms with Crippen molar-refractivity contribution < 1.29 is 15.4 Å². The van der Waals surface area contributed by atoms with Crippen LogP contribution in [0.1, 0.15) is 26.7 Å². The van der Waals surface area contributed by atoms with Gasteiger partial charge in [-0.15, -0.1) is 0 Å². The van der Waals surface area contributed by atoms with Crippen LogP contribution in [0.15, 0.2) is 18.7 Å². The Morgan fingerprint density at radius 3 is 2.15 bits per heavy atom. The summed E-state index contributed by atoms with van der Waals surface area (Å²) in [6.07, 6.45) is 8.82. The Morgan fingerprint density at radius 2 is 1.90 bits per heavy atom. The van der Waals surface area contributed by atoms with Gasteiger partial charge in [-0.05, 0) is 13.3 Å². The van der Waals surface area contributed by atoms with E-state index in [1.165, 1.54) is 18.2 Å². The molecule has 8 nitrogen and oxygen atoms in total. The van der Waals surface area contributed by atoms with Gasteiger partial charge in [0.1, 0.15) is 12.4 Å². The summed E-state index contributed by atoms with van der Waals surface area (Å²) in [4.78, 5) is 8.25. The van der Waals surface area contributed by atoms with E-state index < -0.39 is 5.09 Å². The lowest BCUT2D eigenvalue weighted by Gasteiger charge is -1.90. The molecule has 1 aromatic heterocycles. The lowest BCUT2D eigenvalue weighted by molar-refractivity contribution is -0.671. The van der Waals surface area contributed by atoms with E-state index in [0.717, 1.165) is 13.1 Å². The molecule has 9 heteroatoms. The lowest BCUT2D eigenvalue weighted by Crippen LogP contribution is -2.48. The first kappa shape index (κ1) is 23.2. The molecule has 0 saturated heterocycles. The average Bonchev–Trinajstić information content (AvgIpc) is 2.74. The standard InChI is InChI=1S/C8H15N2.C2H7N.CHNS.NO3/c1-3-4-5-10-7-6-9(2)8-10;1-2-3;2-1-3;2-1(3)4/h6-8H,3-5H2,1-2H3;2-3H2,1H3;3H;/q+1;;;-1. The summed E-state index contributed by atoms with van der Waals surface area (Å²) in [7, 11) is 2.04. The third-order valence-corrected chi connectivity index (χ3v) is 1.59. The number of nitrogens with zero attached hydrogens (tertiary/aromatic N) is 4. The highest BCUT2D eigenvalue weighted by Crippen LogP contribution is 1.91. The number of thiocyanates is 1. The van der Waals surface area contributed by atoms with Crippen molar-refractivity contribution >= 4 is 12.6 Å². The molecule has 1 rings (SSSR count). The summed E-state index contributed by atoms with van der Waals surface area (Å²) in [5.74, 6) is 0. The normalized spacial score (nSPS) is 7.55. The fourth-order valence-corrected chi connectivity index (χ4v) is 0.975. The zero-order valence-electron chi connectivity index (χ0n) is 12.2. The van der Waals surface area contributed by atoms with Crippen LogP contribution in [-0.2, 0) is 26.2 Å². The van der Waals surface area contributed by atoms with E-state index in [2.05, 4.69) is 53.1 Å². The zero-order valence-corrected chi connectivity index (χ0v) is 13.0. The molecule has 0 aliphatic heterocycles. The quantitative estimate of drug-likeness (QED) is 0.279. The fourth-order valence-electron chi connectivity index (χ4n) is 0.975. The second-order valence-corrected chi connectivity index (χ2v) is 3.67. The number of aromatic nitrogens is 2. The first-order chi connectivity index (χ1) is 9.39. The summed E-state index contributed by atoms with van der Waals surface area (Å²) in [6.45, 7) is 6.38. The van der Waals surface area contributed by atoms with Crippen LogP contribution in [0.25, 0.3) is 0 Å². The number of unbranched alkanes of at least 4 members (excludes halogenated alkanes) is 1. The smallest absolute Gasteiger partial charge is 0.243 e. The van der Waals surface area contributed by atoms with Gasteiger partial charge in [0.2, 0.25) is 6.33 Å². The molecule has 0 aromatic carbocycles. The molecule has 0 bridgehead atoms. The monoisotopic (exact) mass is 305 g/mol. The number of aryl methyl sites for hydroxylation is 2. The average molecular weight is 305 g/mol. The molecule has 0 aliphatic carbocycles. The van der Waals surface area contributed by atoms with Gasteiger partial charge >= 0.3 is 0 Å². The van der Waals surface area contributed by atoms with Crippen LogP contribution >= 0.6 is 0 Å². The second kappa shape index (κ2) is 19.4. The van der Waals surface area contributed by atoms with Gasteiger partial charge in [-0.25, -0.2) is 14.4 Å². The van der Waals surface area contributed by atoms with Crippen LogP contribution in [-0.4, -0.2) is 16.2 Å². The molecule has 3 N–H and O–H groups in total. The third-order valence-electron chi connectivity index (χ3n) is 1.59. The van der Waals surface area contributed by atoms with Crippen LogP contribution < -0.4 is 10.3 Å². The third kappa shape index (κ3) is 29.8. The predicted octanol–water partition coefficient (Wildman–Crippen LogP) is 0.136.